The van der Waals surface area contributed by atoms with E-state index in [1.165, 1.54) is 0 Å². The van der Waals surface area contributed by atoms with Crippen molar-refractivity contribution in [2.24, 2.45) is 0 Å². The van der Waals surface area contributed by atoms with Crippen molar-refractivity contribution in [1.82, 2.24) is 24.5 Å². The van der Waals surface area contributed by atoms with Gasteiger partial charge >= 0.3 is 0 Å². The molecule has 0 aromatic carbocycles. The van der Waals surface area contributed by atoms with Crippen molar-refractivity contribution >= 4 is 23.9 Å². The number of anilines is 1. The molecule has 0 aliphatic heterocycles. The van der Waals surface area contributed by atoms with E-state index in [2.05, 4.69) is 39.2 Å². The van der Waals surface area contributed by atoms with Crippen molar-refractivity contribution in [3.63, 3.8) is 0 Å². The smallest absolute Gasteiger partial charge is 0.229 e. The van der Waals surface area contributed by atoms with Crippen LogP contribution in [0.25, 0.3) is 5.52 Å². The first-order chi connectivity index (χ1) is 9.17. The highest BCUT2D eigenvalue weighted by Gasteiger charge is 2.09. The number of halogens is 1. The minimum absolute atomic E-state index is 0. The lowest BCUT2D eigenvalue weighted by Gasteiger charge is -2.18. The average molecular weight is 299 g/mol. The van der Waals surface area contributed by atoms with Gasteiger partial charge in [-0.05, 0) is 26.9 Å². The van der Waals surface area contributed by atoms with Crippen LogP contribution in [0.5, 0.6) is 0 Å². The maximum Gasteiger partial charge on any atom is 0.229 e. The van der Waals surface area contributed by atoms with Crippen molar-refractivity contribution in [2.45, 2.75) is 27.7 Å². The van der Waals surface area contributed by atoms with E-state index in [0.29, 0.717) is 0 Å². The summed E-state index contributed by atoms with van der Waals surface area (Å²) >= 11 is 0. The van der Waals surface area contributed by atoms with Crippen molar-refractivity contribution in [1.29, 1.82) is 0 Å². The Morgan fingerprint density at radius 2 is 1.95 bits per heavy atom. The van der Waals surface area contributed by atoms with Crippen molar-refractivity contribution in [3.05, 3.63) is 17.7 Å². The van der Waals surface area contributed by atoms with E-state index in [1.807, 2.05) is 18.2 Å². The van der Waals surface area contributed by atoms with Gasteiger partial charge in [0.2, 0.25) is 5.95 Å². The van der Waals surface area contributed by atoms with E-state index in [9.17, 15) is 0 Å². The third-order valence-electron chi connectivity index (χ3n) is 3.41. The number of nitrogens with zero attached hydrogens (tertiary/aromatic N) is 5. The first-order valence-corrected chi connectivity index (χ1v) is 6.80. The number of nitrogens with one attached hydrogen (secondary N) is 1. The SMILES string of the molecule is CCN(CC)CCNc1nncc2c(C)nc(C)n12.Cl. The van der Waals surface area contributed by atoms with Crippen LogP contribution in [0.1, 0.15) is 25.4 Å². The quantitative estimate of drug-likeness (QED) is 0.883. The molecule has 6 nitrogen and oxygen atoms in total. The van der Waals surface area contributed by atoms with Crippen molar-refractivity contribution in [2.75, 3.05) is 31.5 Å². The Labute approximate surface area is 126 Å². The van der Waals surface area contributed by atoms with Crippen LogP contribution in [0.15, 0.2) is 6.20 Å². The van der Waals surface area contributed by atoms with Gasteiger partial charge in [-0.2, -0.15) is 5.10 Å². The van der Waals surface area contributed by atoms with E-state index in [4.69, 9.17) is 0 Å². The van der Waals surface area contributed by atoms with Gasteiger partial charge in [-0.3, -0.25) is 4.40 Å². The van der Waals surface area contributed by atoms with Crippen LogP contribution >= 0.6 is 12.4 Å². The predicted octanol–water partition coefficient (Wildman–Crippen LogP) is 1.92. The summed E-state index contributed by atoms with van der Waals surface area (Å²) in [4.78, 5) is 6.83. The van der Waals surface area contributed by atoms with Gasteiger partial charge in [-0.25, -0.2) is 4.98 Å². The molecule has 112 valence electrons. The molecule has 0 spiro atoms. The first-order valence-electron chi connectivity index (χ1n) is 6.80. The molecule has 0 amide bonds. The average Bonchev–Trinajstić information content (AvgIpc) is 2.71. The maximum absolute atomic E-state index is 4.46. The zero-order valence-corrected chi connectivity index (χ0v) is 13.4. The van der Waals surface area contributed by atoms with Crippen LogP contribution in [0.2, 0.25) is 0 Å². The summed E-state index contributed by atoms with van der Waals surface area (Å²) in [5.41, 5.74) is 2.00. The third kappa shape index (κ3) is 3.37. The number of fused-ring (bicyclic) bond motifs is 1. The van der Waals surface area contributed by atoms with Crippen LogP contribution in [-0.4, -0.2) is 50.7 Å². The third-order valence-corrected chi connectivity index (χ3v) is 3.41. The summed E-state index contributed by atoms with van der Waals surface area (Å²) in [6.07, 6.45) is 1.75. The molecule has 0 atom stereocenters. The van der Waals surface area contributed by atoms with Gasteiger partial charge in [0.1, 0.15) is 5.82 Å². The highest BCUT2D eigenvalue weighted by Crippen LogP contribution is 2.14. The summed E-state index contributed by atoms with van der Waals surface area (Å²) in [7, 11) is 0. The molecule has 0 saturated carbocycles. The lowest BCUT2D eigenvalue weighted by Crippen LogP contribution is -2.29. The van der Waals surface area contributed by atoms with Crippen LogP contribution in [0, 0.1) is 13.8 Å². The fraction of sp³-hybridized carbons (Fsp3) is 0.615. The molecule has 2 rings (SSSR count). The second-order valence-electron chi connectivity index (χ2n) is 4.59. The van der Waals surface area contributed by atoms with Crippen molar-refractivity contribution < 1.29 is 0 Å². The summed E-state index contributed by atoms with van der Waals surface area (Å²) < 4.78 is 2.02. The number of hydrogen-bond acceptors (Lipinski definition) is 5. The lowest BCUT2D eigenvalue weighted by molar-refractivity contribution is 0.315. The van der Waals surface area contributed by atoms with E-state index >= 15 is 0 Å². The lowest BCUT2D eigenvalue weighted by atomic mass is 10.4. The molecule has 2 aromatic rings. The number of aromatic nitrogens is 4. The zero-order chi connectivity index (χ0) is 13.8. The Morgan fingerprint density at radius 3 is 2.60 bits per heavy atom. The van der Waals surface area contributed by atoms with E-state index in [0.717, 1.165) is 49.2 Å². The highest BCUT2D eigenvalue weighted by molar-refractivity contribution is 5.85. The van der Waals surface area contributed by atoms with Gasteiger partial charge in [-0.1, -0.05) is 13.8 Å². The second kappa shape index (κ2) is 7.40. The largest absolute Gasteiger partial charge is 0.353 e. The Balaban J connectivity index is 0.00000200. The Kier molecular flexibility index (Phi) is 6.16. The fourth-order valence-corrected chi connectivity index (χ4v) is 2.27. The molecule has 2 heterocycles. The predicted molar refractivity (Wildman–Crippen MR) is 83.8 cm³/mol. The summed E-state index contributed by atoms with van der Waals surface area (Å²) in [6, 6.07) is 0. The number of imidazole rings is 1. The molecular weight excluding hydrogens is 276 g/mol. The molecule has 0 saturated heterocycles. The molecule has 2 aromatic heterocycles. The highest BCUT2D eigenvalue weighted by atomic mass is 35.5. The maximum atomic E-state index is 4.46. The molecule has 0 aliphatic rings. The molecule has 20 heavy (non-hydrogen) atoms. The summed E-state index contributed by atoms with van der Waals surface area (Å²) in [5.74, 6) is 1.70. The van der Waals surface area contributed by atoms with Gasteiger partial charge in [0, 0.05) is 13.1 Å². The van der Waals surface area contributed by atoms with E-state index in [1.54, 1.807) is 6.20 Å². The van der Waals surface area contributed by atoms with E-state index < -0.39 is 0 Å². The standard InChI is InChI=1S/C13H22N6.ClH/c1-5-18(6-2)8-7-14-13-17-15-9-12-10(3)16-11(4)19(12)13;/h9H,5-8H2,1-4H3,(H,14,17);1H. The topological polar surface area (TPSA) is 58.3 Å². The van der Waals surface area contributed by atoms with E-state index in [-0.39, 0.29) is 12.4 Å². The summed E-state index contributed by atoms with van der Waals surface area (Å²) in [5, 5.41) is 11.6. The molecule has 0 fully saturated rings. The van der Waals surface area contributed by atoms with Crippen LogP contribution in [0.3, 0.4) is 0 Å². The Morgan fingerprint density at radius 1 is 1.25 bits per heavy atom. The zero-order valence-electron chi connectivity index (χ0n) is 12.6. The Bertz CT molecular complexity index is 549. The molecule has 0 bridgehead atoms. The number of aryl methyl sites for hydroxylation is 2. The van der Waals surface area contributed by atoms with Gasteiger partial charge < -0.3 is 10.2 Å². The monoisotopic (exact) mass is 298 g/mol. The molecule has 0 aliphatic carbocycles. The normalized spacial score (nSPS) is 10.8. The number of likely N-dealkylation sites (N-methyl/N-ethyl adjacent to an activating group) is 1. The van der Waals surface area contributed by atoms with Gasteiger partial charge in [0.15, 0.2) is 0 Å². The molecule has 0 radical (unpaired) electrons. The number of hydrogen-bond donors (Lipinski definition) is 1. The van der Waals surface area contributed by atoms with Crippen LogP contribution in [-0.2, 0) is 0 Å². The first kappa shape index (κ1) is 16.7. The minimum atomic E-state index is 0. The van der Waals surface area contributed by atoms with Crippen LogP contribution in [0.4, 0.5) is 5.95 Å². The number of rotatable bonds is 6. The Hall–Kier alpha value is -1.40. The summed E-state index contributed by atoms with van der Waals surface area (Å²) in [6.45, 7) is 12.3. The molecule has 7 heteroatoms. The van der Waals surface area contributed by atoms with Crippen molar-refractivity contribution in [3.8, 4) is 0 Å². The molecule has 0 unspecified atom stereocenters. The molecular formula is C13H23ClN6. The van der Waals surface area contributed by atoms with Gasteiger partial charge in [0.25, 0.3) is 0 Å². The molecule has 1 N–H and O–H groups in total. The second-order valence-corrected chi connectivity index (χ2v) is 4.59. The fourth-order valence-electron chi connectivity index (χ4n) is 2.27. The minimum Gasteiger partial charge on any atom is -0.353 e. The van der Waals surface area contributed by atoms with Crippen LogP contribution < -0.4 is 5.32 Å². The van der Waals surface area contributed by atoms with Gasteiger partial charge in [0.05, 0.1) is 17.4 Å². The van der Waals surface area contributed by atoms with Gasteiger partial charge in [-0.15, -0.1) is 17.5 Å².